The molecule has 1 atom stereocenters. The fourth-order valence-electron chi connectivity index (χ4n) is 1.59. The number of carbonyl (C=O) groups is 1. The van der Waals surface area contributed by atoms with Crippen molar-refractivity contribution in [3.8, 4) is 0 Å². The third kappa shape index (κ3) is 4.74. The Kier molecular flexibility index (Phi) is 6.29. The van der Waals surface area contributed by atoms with Gasteiger partial charge >= 0.3 is 0 Å². The lowest BCUT2D eigenvalue weighted by Crippen LogP contribution is -2.28. The van der Waals surface area contributed by atoms with Crippen LogP contribution in [0.25, 0.3) is 0 Å². The van der Waals surface area contributed by atoms with E-state index in [1.807, 2.05) is 13.8 Å². The lowest BCUT2D eigenvalue weighted by atomic mass is 10.1. The van der Waals surface area contributed by atoms with E-state index in [0.717, 1.165) is 5.56 Å². The minimum Gasteiger partial charge on any atom is -0.356 e. The van der Waals surface area contributed by atoms with E-state index in [1.54, 1.807) is 12.1 Å². The second kappa shape index (κ2) is 7.48. The Bertz CT molecular complexity index is 412. The maximum atomic E-state index is 13.1. The molecule has 0 heterocycles. The molecule has 0 saturated heterocycles. The van der Waals surface area contributed by atoms with Gasteiger partial charge in [0.1, 0.15) is 5.82 Å². The highest BCUT2D eigenvalue weighted by Crippen LogP contribution is 2.21. The zero-order valence-corrected chi connectivity index (χ0v) is 12.2. The number of benzene rings is 1. The highest BCUT2D eigenvalue weighted by molar-refractivity contribution is 9.10. The Hall–Kier alpha value is -0.940. The number of nitrogens with one attached hydrogen (secondary N) is 2. The Balaban J connectivity index is 2.43. The van der Waals surface area contributed by atoms with Crippen LogP contribution in [0.5, 0.6) is 0 Å². The van der Waals surface area contributed by atoms with E-state index in [4.69, 9.17) is 0 Å². The summed E-state index contributed by atoms with van der Waals surface area (Å²) in [6, 6.07) is 5.00. The van der Waals surface area contributed by atoms with Crippen molar-refractivity contribution in [2.45, 2.75) is 26.3 Å². The number of carbonyl (C=O) groups excluding carboxylic acids is 1. The Morgan fingerprint density at radius 2 is 2.22 bits per heavy atom. The van der Waals surface area contributed by atoms with Gasteiger partial charge in [0, 0.05) is 25.6 Å². The maximum absolute atomic E-state index is 13.1. The van der Waals surface area contributed by atoms with Gasteiger partial charge in [-0.1, -0.05) is 6.07 Å². The number of amides is 1. The predicted octanol–water partition coefficient (Wildman–Crippen LogP) is 2.77. The largest absolute Gasteiger partial charge is 0.356 e. The molecular weight excluding hydrogens is 299 g/mol. The van der Waals surface area contributed by atoms with Gasteiger partial charge in [-0.05, 0) is 47.5 Å². The Morgan fingerprint density at radius 1 is 1.50 bits per heavy atom. The normalized spacial score (nSPS) is 12.2. The van der Waals surface area contributed by atoms with Gasteiger partial charge in [-0.15, -0.1) is 0 Å². The van der Waals surface area contributed by atoms with Gasteiger partial charge in [-0.2, -0.15) is 0 Å². The third-order valence-corrected chi connectivity index (χ3v) is 3.23. The first-order valence-corrected chi connectivity index (χ1v) is 6.79. The first kappa shape index (κ1) is 15.1. The van der Waals surface area contributed by atoms with Gasteiger partial charge in [0.25, 0.3) is 0 Å². The number of rotatable bonds is 6. The summed E-state index contributed by atoms with van der Waals surface area (Å²) in [4.78, 5) is 11.3. The zero-order valence-electron chi connectivity index (χ0n) is 10.6. The first-order chi connectivity index (χ1) is 8.54. The van der Waals surface area contributed by atoms with Gasteiger partial charge in [-0.3, -0.25) is 4.79 Å². The molecule has 0 bridgehead atoms. The van der Waals surface area contributed by atoms with Crippen LogP contribution in [0.1, 0.15) is 31.9 Å². The molecule has 0 fully saturated rings. The van der Waals surface area contributed by atoms with Crippen LogP contribution in [0, 0.1) is 5.82 Å². The number of hydrogen-bond donors (Lipinski definition) is 2. The monoisotopic (exact) mass is 316 g/mol. The van der Waals surface area contributed by atoms with E-state index >= 15 is 0 Å². The molecule has 0 radical (unpaired) electrons. The van der Waals surface area contributed by atoms with Crippen LogP contribution in [0.4, 0.5) is 4.39 Å². The molecule has 3 nitrogen and oxygen atoms in total. The molecule has 5 heteroatoms. The van der Waals surface area contributed by atoms with Crippen LogP contribution >= 0.6 is 15.9 Å². The quantitative estimate of drug-likeness (QED) is 0.847. The first-order valence-electron chi connectivity index (χ1n) is 5.99. The lowest BCUT2D eigenvalue weighted by molar-refractivity contribution is -0.120. The number of halogens is 2. The van der Waals surface area contributed by atoms with Gasteiger partial charge < -0.3 is 10.6 Å². The van der Waals surface area contributed by atoms with Crippen LogP contribution in [0.2, 0.25) is 0 Å². The molecule has 0 saturated carbocycles. The van der Waals surface area contributed by atoms with Crippen molar-refractivity contribution in [1.82, 2.24) is 10.6 Å². The minimum absolute atomic E-state index is 0.0393. The van der Waals surface area contributed by atoms with Gasteiger partial charge in [-0.25, -0.2) is 4.39 Å². The minimum atomic E-state index is -0.270. The van der Waals surface area contributed by atoms with E-state index < -0.39 is 0 Å². The van der Waals surface area contributed by atoms with E-state index in [1.165, 1.54) is 6.07 Å². The van der Waals surface area contributed by atoms with Crippen LogP contribution < -0.4 is 10.6 Å². The maximum Gasteiger partial charge on any atom is 0.221 e. The smallest absolute Gasteiger partial charge is 0.221 e. The van der Waals surface area contributed by atoms with Crippen LogP contribution in [-0.4, -0.2) is 19.0 Å². The molecule has 1 aromatic rings. The average Bonchev–Trinajstić information content (AvgIpc) is 2.33. The summed E-state index contributed by atoms with van der Waals surface area (Å²) in [5.41, 5.74) is 0.985. The summed E-state index contributed by atoms with van der Waals surface area (Å²) in [5, 5.41) is 5.97. The summed E-state index contributed by atoms with van der Waals surface area (Å²) in [7, 11) is 0. The van der Waals surface area contributed by atoms with Crippen molar-refractivity contribution in [3.05, 3.63) is 34.1 Å². The van der Waals surface area contributed by atoms with Crippen molar-refractivity contribution >= 4 is 21.8 Å². The highest BCUT2D eigenvalue weighted by Gasteiger charge is 2.08. The van der Waals surface area contributed by atoms with Gasteiger partial charge in [0.05, 0.1) is 4.47 Å². The van der Waals surface area contributed by atoms with Crippen molar-refractivity contribution < 1.29 is 9.18 Å². The zero-order chi connectivity index (χ0) is 13.5. The summed E-state index contributed by atoms with van der Waals surface area (Å²) in [6.45, 7) is 5.13. The van der Waals surface area contributed by atoms with Crippen LogP contribution in [0.15, 0.2) is 22.7 Å². The Labute approximate surface area is 115 Å². The summed E-state index contributed by atoms with van der Waals surface area (Å²) >= 11 is 3.16. The summed E-state index contributed by atoms with van der Waals surface area (Å²) in [6.07, 6.45) is 0.445. The topological polar surface area (TPSA) is 41.1 Å². The molecule has 100 valence electrons. The van der Waals surface area contributed by atoms with E-state index in [-0.39, 0.29) is 17.8 Å². The molecule has 0 aliphatic carbocycles. The molecule has 18 heavy (non-hydrogen) atoms. The van der Waals surface area contributed by atoms with E-state index in [2.05, 4.69) is 26.6 Å². The number of hydrogen-bond acceptors (Lipinski definition) is 2. The van der Waals surface area contributed by atoms with E-state index in [0.29, 0.717) is 24.0 Å². The van der Waals surface area contributed by atoms with Crippen LogP contribution in [-0.2, 0) is 4.79 Å². The SMILES string of the molecule is CCNC(=O)CCNC(C)c1ccc(F)c(Br)c1. The fourth-order valence-corrected chi connectivity index (χ4v) is 1.98. The predicted molar refractivity (Wildman–Crippen MR) is 73.8 cm³/mol. The Morgan fingerprint density at radius 3 is 2.83 bits per heavy atom. The van der Waals surface area contributed by atoms with Crippen LogP contribution in [0.3, 0.4) is 0 Å². The van der Waals surface area contributed by atoms with Gasteiger partial charge in [0.2, 0.25) is 5.91 Å². The second-order valence-corrected chi connectivity index (χ2v) is 4.91. The molecule has 1 amide bonds. The second-order valence-electron chi connectivity index (χ2n) is 4.05. The third-order valence-electron chi connectivity index (χ3n) is 2.62. The highest BCUT2D eigenvalue weighted by atomic mass is 79.9. The molecule has 1 rings (SSSR count). The van der Waals surface area contributed by atoms with Crippen molar-refractivity contribution in [1.29, 1.82) is 0 Å². The molecule has 1 aromatic carbocycles. The molecular formula is C13H18BrFN2O. The van der Waals surface area contributed by atoms with E-state index in [9.17, 15) is 9.18 Å². The van der Waals surface area contributed by atoms with Crippen molar-refractivity contribution in [3.63, 3.8) is 0 Å². The fraction of sp³-hybridized carbons (Fsp3) is 0.462. The molecule has 1 unspecified atom stereocenters. The summed E-state index contributed by atoms with van der Waals surface area (Å²) in [5.74, 6) is -0.231. The molecule has 0 aliphatic rings. The molecule has 0 aromatic heterocycles. The average molecular weight is 317 g/mol. The van der Waals surface area contributed by atoms with Gasteiger partial charge in [0.15, 0.2) is 0 Å². The standard InChI is InChI=1S/C13H18BrFN2O/c1-3-16-13(18)6-7-17-9(2)10-4-5-12(15)11(14)8-10/h4-5,8-9,17H,3,6-7H2,1-2H3,(H,16,18). The summed E-state index contributed by atoms with van der Waals surface area (Å²) < 4.78 is 13.5. The lowest BCUT2D eigenvalue weighted by Gasteiger charge is -2.14. The van der Waals surface area contributed by atoms with Crippen molar-refractivity contribution in [2.24, 2.45) is 0 Å². The molecule has 2 N–H and O–H groups in total. The molecule has 0 spiro atoms. The van der Waals surface area contributed by atoms with Crippen molar-refractivity contribution in [2.75, 3.05) is 13.1 Å². The molecule has 0 aliphatic heterocycles.